The first-order valence-corrected chi connectivity index (χ1v) is 9.93. The molecule has 2 aliphatic rings. The van der Waals surface area contributed by atoms with Crippen LogP contribution in [0.1, 0.15) is 6.92 Å². The number of ether oxygens (including phenoxy) is 2. The molecule has 6 nitrogen and oxygen atoms in total. The Morgan fingerprint density at radius 2 is 2.04 bits per heavy atom. The SMILES string of the molecule is CCOc1cccc(OCCN2CCN[C@H]3CS(=O)(=O)C[C@H]32)c1. The van der Waals surface area contributed by atoms with Crippen LogP contribution in [0, 0.1) is 0 Å². The number of hydrogen-bond acceptors (Lipinski definition) is 6. The van der Waals surface area contributed by atoms with Crippen molar-refractivity contribution in [2.24, 2.45) is 0 Å². The highest BCUT2D eigenvalue weighted by atomic mass is 32.2. The maximum atomic E-state index is 11.8. The lowest BCUT2D eigenvalue weighted by Crippen LogP contribution is -2.57. The minimum atomic E-state index is -2.91. The second-order valence-corrected chi connectivity index (χ2v) is 8.15. The summed E-state index contributed by atoms with van der Waals surface area (Å²) in [5.41, 5.74) is 0. The van der Waals surface area contributed by atoms with Crippen molar-refractivity contribution in [2.75, 3.05) is 44.4 Å². The molecule has 0 saturated carbocycles. The van der Waals surface area contributed by atoms with E-state index in [4.69, 9.17) is 9.47 Å². The van der Waals surface area contributed by atoms with Gasteiger partial charge in [0, 0.05) is 37.8 Å². The van der Waals surface area contributed by atoms with Crippen molar-refractivity contribution >= 4 is 9.84 Å². The fraction of sp³-hybridized carbons (Fsp3) is 0.625. The lowest BCUT2D eigenvalue weighted by atomic mass is 10.1. The predicted octanol–water partition coefficient (Wildman–Crippen LogP) is 0.535. The van der Waals surface area contributed by atoms with Crippen LogP contribution in [0.2, 0.25) is 0 Å². The first kappa shape index (κ1) is 16.5. The molecule has 0 radical (unpaired) electrons. The number of piperazine rings is 1. The summed E-state index contributed by atoms with van der Waals surface area (Å²) in [6.07, 6.45) is 0. The smallest absolute Gasteiger partial charge is 0.153 e. The molecule has 0 unspecified atom stereocenters. The number of hydrogen-bond donors (Lipinski definition) is 1. The van der Waals surface area contributed by atoms with Gasteiger partial charge < -0.3 is 14.8 Å². The number of rotatable bonds is 6. The van der Waals surface area contributed by atoms with E-state index in [1.807, 2.05) is 31.2 Å². The van der Waals surface area contributed by atoms with Crippen molar-refractivity contribution in [3.63, 3.8) is 0 Å². The van der Waals surface area contributed by atoms with Crippen molar-refractivity contribution in [1.29, 1.82) is 0 Å². The zero-order valence-electron chi connectivity index (χ0n) is 13.4. The van der Waals surface area contributed by atoms with E-state index < -0.39 is 9.84 Å². The van der Waals surface area contributed by atoms with Crippen LogP contribution in [0.25, 0.3) is 0 Å². The van der Waals surface area contributed by atoms with Gasteiger partial charge in [-0.05, 0) is 19.1 Å². The molecule has 0 aromatic heterocycles. The van der Waals surface area contributed by atoms with Crippen molar-refractivity contribution in [3.05, 3.63) is 24.3 Å². The molecule has 0 aliphatic carbocycles. The van der Waals surface area contributed by atoms with Gasteiger partial charge in [0.1, 0.15) is 18.1 Å². The predicted molar refractivity (Wildman–Crippen MR) is 88.9 cm³/mol. The highest BCUT2D eigenvalue weighted by molar-refractivity contribution is 7.91. The van der Waals surface area contributed by atoms with Gasteiger partial charge in [-0.1, -0.05) is 6.07 Å². The van der Waals surface area contributed by atoms with Crippen molar-refractivity contribution in [3.8, 4) is 11.5 Å². The zero-order valence-corrected chi connectivity index (χ0v) is 14.2. The summed E-state index contributed by atoms with van der Waals surface area (Å²) < 4.78 is 34.9. The molecule has 2 fully saturated rings. The molecule has 0 spiro atoms. The first-order chi connectivity index (χ1) is 11.1. The molecular weight excluding hydrogens is 316 g/mol. The Morgan fingerprint density at radius 3 is 2.83 bits per heavy atom. The summed E-state index contributed by atoms with van der Waals surface area (Å²) in [6, 6.07) is 7.74. The van der Waals surface area contributed by atoms with Crippen LogP contribution < -0.4 is 14.8 Å². The molecule has 1 N–H and O–H groups in total. The molecule has 7 heteroatoms. The molecule has 2 atom stereocenters. The maximum Gasteiger partial charge on any atom is 0.153 e. The van der Waals surface area contributed by atoms with Gasteiger partial charge in [0.05, 0.1) is 18.1 Å². The Labute approximate surface area is 137 Å². The third-order valence-corrected chi connectivity index (χ3v) is 6.08. The molecule has 128 valence electrons. The normalized spacial score (nSPS) is 26.7. The van der Waals surface area contributed by atoms with Crippen LogP contribution in [0.5, 0.6) is 11.5 Å². The molecule has 2 heterocycles. The average Bonchev–Trinajstić information content (AvgIpc) is 2.83. The highest BCUT2D eigenvalue weighted by Gasteiger charge is 2.42. The fourth-order valence-corrected chi connectivity index (χ4v) is 5.31. The lowest BCUT2D eigenvalue weighted by Gasteiger charge is -2.37. The third-order valence-electron chi connectivity index (χ3n) is 4.36. The van der Waals surface area contributed by atoms with E-state index in [9.17, 15) is 8.42 Å². The van der Waals surface area contributed by atoms with Crippen LogP contribution in [0.3, 0.4) is 0 Å². The van der Waals surface area contributed by atoms with Gasteiger partial charge >= 0.3 is 0 Å². The topological polar surface area (TPSA) is 67.9 Å². The molecule has 0 amide bonds. The monoisotopic (exact) mass is 340 g/mol. The van der Waals surface area contributed by atoms with Crippen LogP contribution in [0.15, 0.2) is 24.3 Å². The van der Waals surface area contributed by atoms with Gasteiger partial charge in [-0.2, -0.15) is 0 Å². The Bertz CT molecular complexity index is 635. The van der Waals surface area contributed by atoms with E-state index in [0.717, 1.165) is 31.1 Å². The standard InChI is InChI=1S/C16H24N2O4S/c1-2-21-13-4-3-5-14(10-13)22-9-8-18-7-6-17-15-11-23(19,20)12-16(15)18/h3-5,10,15-17H,2,6-9,11-12H2,1H3/t15-,16+/m0/s1. The molecular formula is C16H24N2O4S. The first-order valence-electron chi connectivity index (χ1n) is 8.11. The quantitative estimate of drug-likeness (QED) is 0.815. The lowest BCUT2D eigenvalue weighted by molar-refractivity contribution is 0.125. The second-order valence-electron chi connectivity index (χ2n) is 6.00. The molecule has 3 rings (SSSR count). The minimum absolute atomic E-state index is 0.0648. The Hall–Kier alpha value is -1.31. The summed E-state index contributed by atoms with van der Waals surface area (Å²) in [7, 11) is -2.91. The summed E-state index contributed by atoms with van der Waals surface area (Å²) in [5, 5.41) is 3.32. The zero-order chi connectivity index (χ0) is 16.3. The van der Waals surface area contributed by atoms with E-state index in [0.29, 0.717) is 13.2 Å². The molecule has 1 aromatic carbocycles. The van der Waals surface area contributed by atoms with Gasteiger partial charge in [-0.3, -0.25) is 4.90 Å². The summed E-state index contributed by atoms with van der Waals surface area (Å²) in [5.74, 6) is 2.09. The van der Waals surface area contributed by atoms with Crippen molar-refractivity contribution in [1.82, 2.24) is 10.2 Å². The van der Waals surface area contributed by atoms with Gasteiger partial charge in [0.15, 0.2) is 9.84 Å². The highest BCUT2D eigenvalue weighted by Crippen LogP contribution is 2.22. The van der Waals surface area contributed by atoms with Crippen molar-refractivity contribution in [2.45, 2.75) is 19.0 Å². The number of fused-ring (bicyclic) bond motifs is 1. The third kappa shape index (κ3) is 4.16. The van der Waals surface area contributed by atoms with E-state index in [2.05, 4.69) is 10.2 Å². The average molecular weight is 340 g/mol. The molecule has 2 saturated heterocycles. The number of sulfone groups is 1. The van der Waals surface area contributed by atoms with Crippen LogP contribution >= 0.6 is 0 Å². The van der Waals surface area contributed by atoms with E-state index in [1.54, 1.807) is 0 Å². The van der Waals surface area contributed by atoms with Crippen molar-refractivity contribution < 1.29 is 17.9 Å². The number of benzene rings is 1. The number of nitrogens with zero attached hydrogens (tertiary/aromatic N) is 1. The van der Waals surface area contributed by atoms with Gasteiger partial charge in [0.2, 0.25) is 0 Å². The Morgan fingerprint density at radius 1 is 1.26 bits per heavy atom. The maximum absolute atomic E-state index is 11.8. The molecule has 0 bridgehead atoms. The van der Waals surface area contributed by atoms with E-state index >= 15 is 0 Å². The molecule has 2 aliphatic heterocycles. The summed E-state index contributed by atoms with van der Waals surface area (Å²) in [6.45, 7) is 5.54. The summed E-state index contributed by atoms with van der Waals surface area (Å²) >= 11 is 0. The van der Waals surface area contributed by atoms with E-state index in [-0.39, 0.29) is 23.6 Å². The Balaban J connectivity index is 1.53. The van der Waals surface area contributed by atoms with Crippen LogP contribution in [-0.4, -0.2) is 69.8 Å². The van der Waals surface area contributed by atoms with Crippen LogP contribution in [-0.2, 0) is 9.84 Å². The van der Waals surface area contributed by atoms with Gasteiger partial charge in [-0.15, -0.1) is 0 Å². The van der Waals surface area contributed by atoms with Crippen LogP contribution in [0.4, 0.5) is 0 Å². The molecule has 1 aromatic rings. The van der Waals surface area contributed by atoms with Gasteiger partial charge in [0.25, 0.3) is 0 Å². The van der Waals surface area contributed by atoms with Gasteiger partial charge in [-0.25, -0.2) is 8.42 Å². The minimum Gasteiger partial charge on any atom is -0.494 e. The second kappa shape index (κ2) is 7.07. The number of nitrogens with one attached hydrogen (secondary N) is 1. The largest absolute Gasteiger partial charge is 0.494 e. The Kier molecular flexibility index (Phi) is 5.08. The van der Waals surface area contributed by atoms with E-state index in [1.165, 1.54) is 0 Å². The molecule has 23 heavy (non-hydrogen) atoms. The fourth-order valence-electron chi connectivity index (χ4n) is 3.32. The summed E-state index contributed by atoms with van der Waals surface area (Å²) in [4.78, 5) is 2.23.